The molecule has 0 aliphatic heterocycles. The summed E-state index contributed by atoms with van der Waals surface area (Å²) in [6.07, 6.45) is 5.11. The highest BCUT2D eigenvalue weighted by atomic mass is 14.8. The van der Waals surface area contributed by atoms with Gasteiger partial charge < -0.3 is 0 Å². The van der Waals surface area contributed by atoms with Crippen LogP contribution in [0.5, 0.6) is 0 Å². The first-order valence-electron chi connectivity index (χ1n) is 5.47. The highest BCUT2D eigenvalue weighted by molar-refractivity contribution is 5.86. The van der Waals surface area contributed by atoms with E-state index in [1.54, 1.807) is 0 Å². The molecule has 74 valence electrons. The molecule has 0 bridgehead atoms. The maximum atomic E-state index is 4.76. The summed E-state index contributed by atoms with van der Waals surface area (Å²) in [5.41, 5.74) is 2.74. The Morgan fingerprint density at radius 2 is 1.71 bits per heavy atom. The molecule has 14 heavy (non-hydrogen) atoms. The van der Waals surface area contributed by atoms with Crippen LogP contribution < -0.4 is 0 Å². The number of nitrogens with zero attached hydrogens (tertiary/aromatic N) is 1. The minimum Gasteiger partial charge on any atom is -0.286 e. The van der Waals surface area contributed by atoms with Crippen molar-refractivity contribution in [3.63, 3.8) is 0 Å². The van der Waals surface area contributed by atoms with E-state index in [-0.39, 0.29) is 0 Å². The highest BCUT2D eigenvalue weighted by Gasteiger charge is 2.10. The van der Waals surface area contributed by atoms with E-state index in [2.05, 4.69) is 37.3 Å². The molecule has 0 amide bonds. The number of benzene rings is 1. The van der Waals surface area contributed by atoms with Crippen LogP contribution in [0.1, 0.15) is 44.2 Å². The van der Waals surface area contributed by atoms with Gasteiger partial charge in [-0.1, -0.05) is 30.3 Å². The number of rotatable bonds is 2. The van der Waals surface area contributed by atoms with E-state index in [4.69, 9.17) is 4.99 Å². The summed E-state index contributed by atoms with van der Waals surface area (Å²) >= 11 is 0. The Hall–Kier alpha value is -1.11. The van der Waals surface area contributed by atoms with Gasteiger partial charge in [0, 0.05) is 5.71 Å². The zero-order chi connectivity index (χ0) is 9.80. The monoisotopic (exact) mass is 187 g/mol. The molecule has 2 rings (SSSR count). The Labute approximate surface area is 85.9 Å². The summed E-state index contributed by atoms with van der Waals surface area (Å²) in [7, 11) is 0. The van der Waals surface area contributed by atoms with Crippen molar-refractivity contribution in [2.24, 2.45) is 4.99 Å². The van der Waals surface area contributed by atoms with Crippen LogP contribution >= 0.6 is 0 Å². The van der Waals surface area contributed by atoms with E-state index < -0.39 is 0 Å². The van der Waals surface area contributed by atoms with Gasteiger partial charge in [0.25, 0.3) is 0 Å². The maximum Gasteiger partial charge on any atom is 0.0720 e. The highest BCUT2D eigenvalue weighted by Crippen LogP contribution is 2.21. The molecule has 1 aliphatic rings. The van der Waals surface area contributed by atoms with Gasteiger partial charge in [-0.15, -0.1) is 0 Å². The van der Waals surface area contributed by atoms with Gasteiger partial charge in [-0.3, -0.25) is 4.99 Å². The zero-order valence-electron chi connectivity index (χ0n) is 8.74. The fourth-order valence-corrected chi connectivity index (χ4v) is 1.99. The van der Waals surface area contributed by atoms with Gasteiger partial charge in [0.15, 0.2) is 0 Å². The van der Waals surface area contributed by atoms with E-state index in [9.17, 15) is 0 Å². The van der Waals surface area contributed by atoms with Crippen molar-refractivity contribution in [2.45, 2.75) is 38.6 Å². The van der Waals surface area contributed by atoms with Crippen molar-refractivity contribution in [2.75, 3.05) is 0 Å². The SMILES string of the molecule is C[C@@H](N=C1CCCC1)c1ccccc1. The van der Waals surface area contributed by atoms with Gasteiger partial charge in [0.1, 0.15) is 0 Å². The van der Waals surface area contributed by atoms with Crippen LogP contribution in [0.4, 0.5) is 0 Å². The third-order valence-electron chi connectivity index (χ3n) is 2.84. The van der Waals surface area contributed by atoms with Crippen LogP contribution in [0.15, 0.2) is 35.3 Å². The van der Waals surface area contributed by atoms with Crippen LogP contribution in [0, 0.1) is 0 Å². The topological polar surface area (TPSA) is 12.4 Å². The normalized spacial score (nSPS) is 18.2. The average Bonchev–Trinajstić information content (AvgIpc) is 2.72. The second-order valence-electron chi connectivity index (χ2n) is 3.99. The molecule has 0 N–H and O–H groups in total. The van der Waals surface area contributed by atoms with E-state index in [0.717, 1.165) is 0 Å². The quantitative estimate of drug-likeness (QED) is 0.668. The van der Waals surface area contributed by atoms with Gasteiger partial charge in [-0.05, 0) is 38.2 Å². The van der Waals surface area contributed by atoms with Gasteiger partial charge in [-0.2, -0.15) is 0 Å². The first-order valence-corrected chi connectivity index (χ1v) is 5.47. The Kier molecular flexibility index (Phi) is 2.97. The summed E-state index contributed by atoms with van der Waals surface area (Å²) in [6.45, 7) is 2.18. The van der Waals surface area contributed by atoms with Crippen LogP contribution in [-0.4, -0.2) is 5.71 Å². The summed E-state index contributed by atoms with van der Waals surface area (Å²) < 4.78 is 0. The first-order chi connectivity index (χ1) is 6.86. The molecule has 0 saturated heterocycles. The van der Waals surface area contributed by atoms with E-state index in [1.165, 1.54) is 37.0 Å². The summed E-state index contributed by atoms with van der Waals surface area (Å²) in [4.78, 5) is 4.76. The van der Waals surface area contributed by atoms with Crippen LogP contribution in [-0.2, 0) is 0 Å². The van der Waals surface area contributed by atoms with Crippen molar-refractivity contribution < 1.29 is 0 Å². The molecule has 1 nitrogen and oxygen atoms in total. The summed E-state index contributed by atoms with van der Waals surface area (Å²) in [6, 6.07) is 10.9. The molecular formula is C13H17N. The lowest BCUT2D eigenvalue weighted by molar-refractivity contribution is 0.814. The molecule has 1 fully saturated rings. The molecule has 1 aromatic carbocycles. The van der Waals surface area contributed by atoms with Crippen LogP contribution in [0.3, 0.4) is 0 Å². The van der Waals surface area contributed by atoms with E-state index >= 15 is 0 Å². The zero-order valence-corrected chi connectivity index (χ0v) is 8.74. The Bertz CT molecular complexity index is 305. The lowest BCUT2D eigenvalue weighted by Gasteiger charge is -2.07. The average molecular weight is 187 g/mol. The number of hydrogen-bond donors (Lipinski definition) is 0. The largest absolute Gasteiger partial charge is 0.286 e. The molecule has 1 heteroatoms. The fourth-order valence-electron chi connectivity index (χ4n) is 1.99. The minimum atomic E-state index is 0.337. The molecule has 1 atom stereocenters. The molecule has 1 aliphatic carbocycles. The van der Waals surface area contributed by atoms with Crippen molar-refractivity contribution in [1.29, 1.82) is 0 Å². The second-order valence-corrected chi connectivity index (χ2v) is 3.99. The lowest BCUT2D eigenvalue weighted by atomic mass is 10.1. The molecule has 0 heterocycles. The van der Waals surface area contributed by atoms with Crippen molar-refractivity contribution >= 4 is 5.71 Å². The Balaban J connectivity index is 2.08. The third kappa shape index (κ3) is 2.22. The molecule has 0 unspecified atom stereocenters. The maximum absolute atomic E-state index is 4.76. The van der Waals surface area contributed by atoms with Gasteiger partial charge in [-0.25, -0.2) is 0 Å². The van der Waals surface area contributed by atoms with Crippen molar-refractivity contribution in [3.8, 4) is 0 Å². The second kappa shape index (κ2) is 4.41. The first kappa shape index (κ1) is 9.45. The van der Waals surface area contributed by atoms with Gasteiger partial charge in [0.05, 0.1) is 6.04 Å². The Morgan fingerprint density at radius 3 is 2.36 bits per heavy atom. The summed E-state index contributed by atoms with van der Waals surface area (Å²) in [5.74, 6) is 0. The smallest absolute Gasteiger partial charge is 0.0720 e. The molecule has 0 spiro atoms. The van der Waals surface area contributed by atoms with Crippen molar-refractivity contribution in [3.05, 3.63) is 35.9 Å². The van der Waals surface area contributed by atoms with Crippen LogP contribution in [0.2, 0.25) is 0 Å². The molecular weight excluding hydrogens is 170 g/mol. The van der Waals surface area contributed by atoms with Crippen LogP contribution in [0.25, 0.3) is 0 Å². The predicted molar refractivity (Wildman–Crippen MR) is 60.8 cm³/mol. The molecule has 0 aromatic heterocycles. The standard InChI is InChI=1S/C13H17N/c1-11(12-7-3-2-4-8-12)14-13-9-5-6-10-13/h2-4,7-8,11H,5-6,9-10H2,1H3/t11-/m1/s1. The van der Waals surface area contributed by atoms with Gasteiger partial charge >= 0.3 is 0 Å². The Morgan fingerprint density at radius 1 is 1.07 bits per heavy atom. The fraction of sp³-hybridized carbons (Fsp3) is 0.462. The number of hydrogen-bond acceptors (Lipinski definition) is 1. The number of aliphatic imine (C=N–C) groups is 1. The minimum absolute atomic E-state index is 0.337. The summed E-state index contributed by atoms with van der Waals surface area (Å²) in [5, 5.41) is 0. The third-order valence-corrected chi connectivity index (χ3v) is 2.84. The van der Waals surface area contributed by atoms with Crippen molar-refractivity contribution in [1.82, 2.24) is 0 Å². The molecule has 1 aromatic rings. The van der Waals surface area contributed by atoms with E-state index in [1.807, 2.05) is 0 Å². The van der Waals surface area contributed by atoms with Gasteiger partial charge in [0.2, 0.25) is 0 Å². The predicted octanol–water partition coefficient (Wildman–Crippen LogP) is 3.76. The lowest BCUT2D eigenvalue weighted by Crippen LogP contribution is -1.95. The molecule has 1 saturated carbocycles. The van der Waals surface area contributed by atoms with E-state index in [0.29, 0.717) is 6.04 Å². The molecule has 0 radical (unpaired) electrons.